The minimum absolute atomic E-state index is 0.0995. The molecule has 1 aromatic carbocycles. The lowest BCUT2D eigenvalue weighted by atomic mass is 10.0. The third kappa shape index (κ3) is 1.04. The summed E-state index contributed by atoms with van der Waals surface area (Å²) in [4.78, 5) is 0. The van der Waals surface area contributed by atoms with Crippen LogP contribution in [0.15, 0.2) is 35.4 Å². The van der Waals surface area contributed by atoms with Crippen LogP contribution in [0.3, 0.4) is 0 Å². The molecule has 66 valence electrons. The Labute approximate surface area is 82.0 Å². The van der Waals surface area contributed by atoms with Gasteiger partial charge in [-0.15, -0.1) is 0 Å². The smallest absolute Gasteiger partial charge is 0.103 e. The van der Waals surface area contributed by atoms with Crippen LogP contribution in [0.25, 0.3) is 0 Å². The Morgan fingerprint density at radius 3 is 2.85 bits per heavy atom. The Balaban J connectivity index is 2.17. The van der Waals surface area contributed by atoms with Gasteiger partial charge < -0.3 is 4.74 Å². The first-order chi connectivity index (χ1) is 6.34. The summed E-state index contributed by atoms with van der Waals surface area (Å²) in [6, 6.07) is 8.34. The largest absolute Gasteiger partial charge is 0.361 e. The van der Waals surface area contributed by atoms with Gasteiger partial charge in [-0.25, -0.2) is 0 Å². The fourth-order valence-electron chi connectivity index (χ4n) is 2.08. The predicted octanol–water partition coefficient (Wildman–Crippen LogP) is 3.33. The zero-order chi connectivity index (χ0) is 8.84. The standard InChI is InChI=1S/C11H9ClO/c12-7-5-10-8-3-1-2-4-9(8)11(6-7)13-10/h1-5,10-11H,6H2/t10-,11-/m0/s1. The van der Waals surface area contributed by atoms with E-state index in [1.165, 1.54) is 11.1 Å². The van der Waals surface area contributed by atoms with E-state index in [2.05, 4.69) is 18.2 Å². The van der Waals surface area contributed by atoms with E-state index in [4.69, 9.17) is 16.3 Å². The zero-order valence-electron chi connectivity index (χ0n) is 7.03. The number of rotatable bonds is 0. The Bertz CT molecular complexity index is 383. The van der Waals surface area contributed by atoms with Crippen molar-refractivity contribution in [1.29, 1.82) is 0 Å². The van der Waals surface area contributed by atoms with Gasteiger partial charge in [0.2, 0.25) is 0 Å². The fourth-order valence-corrected chi connectivity index (χ4v) is 2.34. The van der Waals surface area contributed by atoms with Gasteiger partial charge >= 0.3 is 0 Å². The van der Waals surface area contributed by atoms with Crippen molar-refractivity contribution in [2.75, 3.05) is 0 Å². The number of benzene rings is 1. The van der Waals surface area contributed by atoms with Crippen LogP contribution in [0.5, 0.6) is 0 Å². The Hall–Kier alpha value is -0.790. The molecular weight excluding hydrogens is 184 g/mol. The van der Waals surface area contributed by atoms with Gasteiger partial charge in [0.1, 0.15) is 6.10 Å². The molecule has 2 heteroatoms. The summed E-state index contributed by atoms with van der Waals surface area (Å²) >= 11 is 6.02. The maximum atomic E-state index is 6.02. The van der Waals surface area contributed by atoms with Crippen LogP contribution in [-0.4, -0.2) is 0 Å². The fraction of sp³-hybridized carbons (Fsp3) is 0.273. The van der Waals surface area contributed by atoms with Gasteiger partial charge in [-0.3, -0.25) is 0 Å². The monoisotopic (exact) mass is 192 g/mol. The minimum atomic E-state index is 0.0995. The Kier molecular flexibility index (Phi) is 1.52. The molecule has 0 fully saturated rings. The van der Waals surface area contributed by atoms with Crippen molar-refractivity contribution in [2.24, 2.45) is 0 Å². The molecule has 0 saturated heterocycles. The van der Waals surface area contributed by atoms with Crippen molar-refractivity contribution < 1.29 is 4.74 Å². The van der Waals surface area contributed by atoms with Crippen molar-refractivity contribution in [1.82, 2.24) is 0 Å². The third-order valence-corrected chi connectivity index (χ3v) is 2.95. The van der Waals surface area contributed by atoms with E-state index in [-0.39, 0.29) is 12.2 Å². The molecule has 2 bridgehead atoms. The highest BCUT2D eigenvalue weighted by Gasteiger charge is 2.33. The lowest BCUT2D eigenvalue weighted by molar-refractivity contribution is 0.0293. The molecule has 0 saturated carbocycles. The highest BCUT2D eigenvalue weighted by Crippen LogP contribution is 2.47. The number of fused-ring (bicyclic) bond motifs is 5. The molecule has 0 amide bonds. The van der Waals surface area contributed by atoms with Crippen LogP contribution in [0.4, 0.5) is 0 Å². The first-order valence-corrected chi connectivity index (χ1v) is 4.83. The van der Waals surface area contributed by atoms with E-state index in [9.17, 15) is 0 Å². The Morgan fingerprint density at radius 1 is 1.23 bits per heavy atom. The molecule has 1 aromatic rings. The molecule has 2 aliphatic heterocycles. The van der Waals surface area contributed by atoms with Crippen LogP contribution in [-0.2, 0) is 4.74 Å². The number of hydrogen-bond acceptors (Lipinski definition) is 1. The summed E-state index contributed by atoms with van der Waals surface area (Å²) in [5.74, 6) is 0. The van der Waals surface area contributed by atoms with Crippen molar-refractivity contribution in [3.8, 4) is 0 Å². The number of halogens is 1. The highest BCUT2D eigenvalue weighted by atomic mass is 35.5. The maximum absolute atomic E-state index is 6.02. The van der Waals surface area contributed by atoms with E-state index in [0.717, 1.165) is 11.5 Å². The van der Waals surface area contributed by atoms with Crippen LogP contribution >= 0.6 is 11.6 Å². The lowest BCUT2D eigenvalue weighted by Crippen LogP contribution is -2.02. The van der Waals surface area contributed by atoms with Gasteiger partial charge in [0.15, 0.2) is 0 Å². The second-order valence-electron chi connectivity index (χ2n) is 3.49. The van der Waals surface area contributed by atoms with Gasteiger partial charge in [0.25, 0.3) is 0 Å². The van der Waals surface area contributed by atoms with Crippen molar-refractivity contribution in [3.05, 3.63) is 46.5 Å². The first-order valence-electron chi connectivity index (χ1n) is 4.45. The topological polar surface area (TPSA) is 9.23 Å². The van der Waals surface area contributed by atoms with Crippen molar-refractivity contribution in [2.45, 2.75) is 18.6 Å². The molecule has 1 nitrogen and oxygen atoms in total. The molecule has 3 rings (SSSR count). The molecule has 2 aliphatic rings. The van der Waals surface area contributed by atoms with Gasteiger partial charge in [0, 0.05) is 11.5 Å². The van der Waals surface area contributed by atoms with Gasteiger partial charge in [-0.05, 0) is 17.2 Å². The summed E-state index contributed by atoms with van der Waals surface area (Å²) in [5.41, 5.74) is 2.59. The van der Waals surface area contributed by atoms with Crippen LogP contribution in [0, 0.1) is 0 Å². The van der Waals surface area contributed by atoms with E-state index < -0.39 is 0 Å². The molecule has 0 aliphatic carbocycles. The van der Waals surface area contributed by atoms with Crippen LogP contribution in [0.1, 0.15) is 29.8 Å². The molecule has 0 aromatic heterocycles. The number of hydrogen-bond donors (Lipinski definition) is 0. The van der Waals surface area contributed by atoms with E-state index in [1.807, 2.05) is 12.1 Å². The van der Waals surface area contributed by atoms with E-state index in [1.54, 1.807) is 0 Å². The quantitative estimate of drug-likeness (QED) is 0.613. The summed E-state index contributed by atoms with van der Waals surface area (Å²) in [6.07, 6.45) is 3.13. The van der Waals surface area contributed by atoms with Crippen LogP contribution in [0.2, 0.25) is 0 Å². The SMILES string of the molecule is ClC1=C[C@@H]2O[C@@H](C1)c1ccccc12. The summed E-state index contributed by atoms with van der Waals surface area (Å²) in [5, 5.41) is 0.928. The second-order valence-corrected chi connectivity index (χ2v) is 3.98. The van der Waals surface area contributed by atoms with Gasteiger partial charge in [0.05, 0.1) is 6.10 Å². The normalized spacial score (nSPS) is 29.8. The van der Waals surface area contributed by atoms with Crippen LogP contribution < -0.4 is 0 Å². The predicted molar refractivity (Wildman–Crippen MR) is 51.6 cm³/mol. The summed E-state index contributed by atoms with van der Waals surface area (Å²) in [6.45, 7) is 0. The highest BCUT2D eigenvalue weighted by molar-refractivity contribution is 6.29. The lowest BCUT2D eigenvalue weighted by Gasteiger charge is -2.17. The first kappa shape index (κ1) is 7.60. The maximum Gasteiger partial charge on any atom is 0.103 e. The van der Waals surface area contributed by atoms with Gasteiger partial charge in [-0.1, -0.05) is 35.9 Å². The van der Waals surface area contributed by atoms with Crippen molar-refractivity contribution >= 4 is 11.6 Å². The zero-order valence-corrected chi connectivity index (χ0v) is 7.79. The molecule has 0 unspecified atom stereocenters. The summed E-state index contributed by atoms with van der Waals surface area (Å²) < 4.78 is 5.78. The molecule has 0 N–H and O–H groups in total. The molecular formula is C11H9ClO. The molecule has 13 heavy (non-hydrogen) atoms. The average molecular weight is 193 g/mol. The van der Waals surface area contributed by atoms with E-state index in [0.29, 0.717) is 0 Å². The third-order valence-electron chi connectivity index (χ3n) is 2.67. The van der Waals surface area contributed by atoms with Crippen molar-refractivity contribution in [3.63, 3.8) is 0 Å². The molecule has 2 heterocycles. The van der Waals surface area contributed by atoms with Gasteiger partial charge in [-0.2, -0.15) is 0 Å². The van der Waals surface area contributed by atoms with E-state index >= 15 is 0 Å². The Morgan fingerprint density at radius 2 is 2.00 bits per heavy atom. The minimum Gasteiger partial charge on any atom is -0.361 e. The summed E-state index contributed by atoms with van der Waals surface area (Å²) in [7, 11) is 0. The molecule has 0 spiro atoms. The molecule has 2 atom stereocenters. The second kappa shape index (κ2) is 2.60. The molecule has 0 radical (unpaired) electrons. The average Bonchev–Trinajstić information content (AvgIpc) is 2.41. The number of ether oxygens (including phenoxy) is 1.